The predicted octanol–water partition coefficient (Wildman–Crippen LogP) is 3.35. The van der Waals surface area contributed by atoms with Crippen LogP contribution in [0.1, 0.15) is 77.2 Å². The number of nitrogens with one attached hydrogen (secondary N) is 2. The van der Waals surface area contributed by atoms with Gasteiger partial charge in [0, 0.05) is 18.7 Å². The number of hydrogen-bond acceptors (Lipinski definition) is 4. The fourth-order valence-corrected chi connectivity index (χ4v) is 4.99. The summed E-state index contributed by atoms with van der Waals surface area (Å²) < 4.78 is 0. The van der Waals surface area contributed by atoms with E-state index in [-0.39, 0.29) is 47.5 Å². The Morgan fingerprint density at radius 3 is 2.19 bits per heavy atom. The third-order valence-corrected chi connectivity index (χ3v) is 6.95. The summed E-state index contributed by atoms with van der Waals surface area (Å²) in [4.78, 5) is 55.5. The highest BCUT2D eigenvalue weighted by Gasteiger charge is 2.52. The number of ketones is 1. The molecule has 8 nitrogen and oxygen atoms in total. The maximum absolute atomic E-state index is 13.7. The maximum atomic E-state index is 13.7. The molecule has 2 N–H and O–H groups in total. The Morgan fingerprint density at radius 1 is 1.00 bits per heavy atom. The molecule has 36 heavy (non-hydrogen) atoms. The fraction of sp³-hybridized carbons (Fsp3) is 0.643. The van der Waals surface area contributed by atoms with Gasteiger partial charge in [0.2, 0.25) is 5.91 Å². The van der Waals surface area contributed by atoms with Crippen LogP contribution in [0.4, 0.5) is 4.79 Å². The number of Topliss-reactive ketones (excluding diaryl/α,β-unsaturated/α-hetero) is 1. The van der Waals surface area contributed by atoms with Crippen molar-refractivity contribution in [2.24, 2.45) is 11.8 Å². The van der Waals surface area contributed by atoms with Crippen LogP contribution in [0.15, 0.2) is 24.3 Å². The molecule has 3 rings (SSSR count). The molecule has 2 saturated heterocycles. The lowest BCUT2D eigenvalue weighted by molar-refractivity contribution is -0.138. The largest absolute Gasteiger partial charge is 0.340 e. The first-order valence-electron chi connectivity index (χ1n) is 13.1. The average Bonchev–Trinajstić information content (AvgIpc) is 3.37. The molecule has 3 unspecified atom stereocenters. The molecule has 0 radical (unpaired) electrons. The fourth-order valence-electron chi connectivity index (χ4n) is 4.99. The van der Waals surface area contributed by atoms with Gasteiger partial charge in [-0.1, -0.05) is 60.6 Å². The molecule has 0 aromatic heterocycles. The molecule has 2 aliphatic heterocycles. The number of benzene rings is 1. The Bertz CT molecular complexity index is 980. The van der Waals surface area contributed by atoms with Crippen LogP contribution >= 0.6 is 0 Å². The molecule has 0 spiro atoms. The second-order valence-corrected chi connectivity index (χ2v) is 12.0. The summed E-state index contributed by atoms with van der Waals surface area (Å²) in [7, 11) is 0. The average molecular weight is 499 g/mol. The number of carbonyl (C=O) groups is 4. The van der Waals surface area contributed by atoms with E-state index in [1.54, 1.807) is 21.9 Å². The zero-order valence-electron chi connectivity index (χ0n) is 22.8. The first-order valence-corrected chi connectivity index (χ1v) is 13.1. The highest BCUT2D eigenvalue weighted by atomic mass is 16.2. The van der Waals surface area contributed by atoms with Crippen molar-refractivity contribution >= 4 is 23.6 Å². The SMILES string of the molecule is CC(C)CNC(=O)N1CC(=O)C2C1CCN2C(=O)C(CC(C)C)NC(=O)c1ccc(C(C)(C)C)cc1. The van der Waals surface area contributed by atoms with Gasteiger partial charge in [-0.3, -0.25) is 14.4 Å². The van der Waals surface area contributed by atoms with Gasteiger partial charge in [-0.25, -0.2) is 4.79 Å². The first kappa shape index (κ1) is 27.7. The van der Waals surface area contributed by atoms with Gasteiger partial charge in [-0.15, -0.1) is 0 Å². The van der Waals surface area contributed by atoms with Crippen molar-refractivity contribution in [2.45, 2.75) is 84.8 Å². The molecule has 2 aliphatic rings. The van der Waals surface area contributed by atoms with Gasteiger partial charge in [0.25, 0.3) is 5.91 Å². The molecular formula is C28H42N4O4. The van der Waals surface area contributed by atoms with Crippen molar-refractivity contribution in [1.82, 2.24) is 20.4 Å². The van der Waals surface area contributed by atoms with Gasteiger partial charge in [0.1, 0.15) is 12.1 Å². The molecule has 1 aromatic rings. The van der Waals surface area contributed by atoms with Crippen LogP contribution < -0.4 is 10.6 Å². The van der Waals surface area contributed by atoms with Crippen LogP contribution in [0.25, 0.3) is 0 Å². The molecule has 0 bridgehead atoms. The highest BCUT2D eigenvalue weighted by Crippen LogP contribution is 2.31. The summed E-state index contributed by atoms with van der Waals surface area (Å²) in [5.41, 5.74) is 1.60. The van der Waals surface area contributed by atoms with E-state index in [2.05, 4.69) is 31.4 Å². The Kier molecular flexibility index (Phi) is 8.47. The highest BCUT2D eigenvalue weighted by molar-refractivity contribution is 6.00. The predicted molar refractivity (Wildman–Crippen MR) is 140 cm³/mol. The minimum absolute atomic E-state index is 0.00434. The van der Waals surface area contributed by atoms with Gasteiger partial charge in [-0.2, -0.15) is 0 Å². The number of fused-ring (bicyclic) bond motifs is 1. The topological polar surface area (TPSA) is 98.8 Å². The lowest BCUT2D eigenvalue weighted by atomic mass is 9.86. The lowest BCUT2D eigenvalue weighted by Crippen LogP contribution is -2.53. The minimum Gasteiger partial charge on any atom is -0.340 e. The van der Waals surface area contributed by atoms with Crippen molar-refractivity contribution in [1.29, 1.82) is 0 Å². The molecule has 1 aromatic carbocycles. The van der Waals surface area contributed by atoms with Crippen LogP contribution in [-0.2, 0) is 15.0 Å². The first-order chi connectivity index (χ1) is 16.8. The minimum atomic E-state index is -0.741. The third-order valence-electron chi connectivity index (χ3n) is 6.95. The summed E-state index contributed by atoms with van der Waals surface area (Å²) in [6, 6.07) is 5.47. The quantitative estimate of drug-likeness (QED) is 0.602. The monoisotopic (exact) mass is 498 g/mol. The zero-order valence-corrected chi connectivity index (χ0v) is 22.8. The van der Waals surface area contributed by atoms with Gasteiger partial charge < -0.3 is 20.4 Å². The Balaban J connectivity index is 1.73. The molecule has 0 aliphatic carbocycles. The van der Waals surface area contributed by atoms with Gasteiger partial charge in [-0.05, 0) is 47.8 Å². The molecular weight excluding hydrogens is 456 g/mol. The lowest BCUT2D eigenvalue weighted by Gasteiger charge is -2.29. The number of amides is 4. The number of nitrogens with zero attached hydrogens (tertiary/aromatic N) is 2. The van der Waals surface area contributed by atoms with E-state index in [9.17, 15) is 19.2 Å². The van der Waals surface area contributed by atoms with E-state index in [0.717, 1.165) is 5.56 Å². The van der Waals surface area contributed by atoms with Crippen LogP contribution in [0.5, 0.6) is 0 Å². The number of urea groups is 1. The van der Waals surface area contributed by atoms with Gasteiger partial charge >= 0.3 is 6.03 Å². The Morgan fingerprint density at radius 2 is 1.64 bits per heavy atom. The molecule has 3 atom stereocenters. The Hall–Kier alpha value is -2.90. The molecule has 8 heteroatoms. The molecule has 0 saturated carbocycles. The zero-order chi connectivity index (χ0) is 26.8. The standard InChI is InChI=1S/C28H42N4O4/c1-17(2)14-21(30-25(34)19-8-10-20(11-9-19)28(5,6)7)26(35)31-13-12-22-24(31)23(33)16-32(22)27(36)29-15-18(3)4/h8-11,17-18,21-22,24H,12-16H2,1-7H3,(H,29,36)(H,30,34). The normalized spacial score (nSPS) is 20.6. The van der Waals surface area contributed by atoms with Crippen LogP contribution in [0.2, 0.25) is 0 Å². The second kappa shape index (κ2) is 11.0. The summed E-state index contributed by atoms with van der Waals surface area (Å²) in [6.07, 6.45) is 1.01. The second-order valence-electron chi connectivity index (χ2n) is 12.0. The van der Waals surface area contributed by atoms with Gasteiger partial charge in [0.15, 0.2) is 5.78 Å². The maximum Gasteiger partial charge on any atom is 0.318 e. The van der Waals surface area contributed by atoms with Crippen molar-refractivity contribution in [3.63, 3.8) is 0 Å². The summed E-state index contributed by atoms with van der Waals surface area (Å²) in [5.74, 6) is -0.225. The molecule has 2 fully saturated rings. The summed E-state index contributed by atoms with van der Waals surface area (Å²) in [5, 5.41) is 5.81. The van der Waals surface area contributed by atoms with Crippen LogP contribution in [0, 0.1) is 11.8 Å². The van der Waals surface area contributed by atoms with E-state index >= 15 is 0 Å². The van der Waals surface area contributed by atoms with Crippen molar-refractivity contribution < 1.29 is 19.2 Å². The van der Waals surface area contributed by atoms with Gasteiger partial charge in [0.05, 0.1) is 12.6 Å². The smallest absolute Gasteiger partial charge is 0.318 e. The Labute approximate surface area is 215 Å². The van der Waals surface area contributed by atoms with Crippen molar-refractivity contribution in [3.05, 3.63) is 35.4 Å². The van der Waals surface area contributed by atoms with Crippen LogP contribution in [-0.4, -0.2) is 71.2 Å². The van der Waals surface area contributed by atoms with E-state index in [0.29, 0.717) is 37.4 Å². The third kappa shape index (κ3) is 6.26. The van der Waals surface area contributed by atoms with Crippen molar-refractivity contribution in [3.8, 4) is 0 Å². The summed E-state index contributed by atoms with van der Waals surface area (Å²) in [6.45, 7) is 15.3. The molecule has 4 amide bonds. The molecule has 2 heterocycles. The number of rotatable bonds is 7. The van der Waals surface area contributed by atoms with E-state index in [1.165, 1.54) is 0 Å². The number of hydrogen-bond donors (Lipinski definition) is 2. The van der Waals surface area contributed by atoms with Crippen molar-refractivity contribution in [2.75, 3.05) is 19.6 Å². The van der Waals surface area contributed by atoms with E-state index in [4.69, 9.17) is 0 Å². The van der Waals surface area contributed by atoms with Crippen LogP contribution in [0.3, 0.4) is 0 Å². The molecule has 198 valence electrons. The number of likely N-dealkylation sites (tertiary alicyclic amines) is 2. The van der Waals surface area contributed by atoms with E-state index < -0.39 is 12.1 Å². The van der Waals surface area contributed by atoms with E-state index in [1.807, 2.05) is 39.8 Å². The number of carbonyl (C=O) groups excluding carboxylic acids is 4. The summed E-state index contributed by atoms with van der Waals surface area (Å²) >= 11 is 0.